The van der Waals surface area contributed by atoms with Gasteiger partial charge in [-0.05, 0) is 12.3 Å². The highest BCUT2D eigenvalue weighted by Gasteiger charge is 2.16. The van der Waals surface area contributed by atoms with Gasteiger partial charge in [0.1, 0.15) is 0 Å². The van der Waals surface area contributed by atoms with Crippen molar-refractivity contribution < 1.29 is 4.74 Å². The van der Waals surface area contributed by atoms with Crippen LogP contribution in [0.3, 0.4) is 0 Å². The zero-order valence-corrected chi connectivity index (χ0v) is 11.2. The predicted molar refractivity (Wildman–Crippen MR) is 71.2 cm³/mol. The van der Waals surface area contributed by atoms with Crippen LogP contribution in [0.5, 0.6) is 5.88 Å². The van der Waals surface area contributed by atoms with Crippen LogP contribution in [0.15, 0.2) is 18.2 Å². The molecule has 1 aliphatic rings. The molecule has 0 radical (unpaired) electrons. The molecule has 2 heterocycles. The van der Waals surface area contributed by atoms with Crippen molar-refractivity contribution in [3.8, 4) is 5.88 Å². The van der Waals surface area contributed by atoms with Gasteiger partial charge in [-0.3, -0.25) is 4.90 Å². The van der Waals surface area contributed by atoms with Crippen molar-refractivity contribution in [2.24, 2.45) is 0 Å². The zero-order valence-electron chi connectivity index (χ0n) is 10.4. The molecule has 0 N–H and O–H groups in total. The second kappa shape index (κ2) is 6.23. The van der Waals surface area contributed by atoms with E-state index in [0.717, 1.165) is 38.4 Å². The van der Waals surface area contributed by atoms with Gasteiger partial charge in [0.2, 0.25) is 5.88 Å². The van der Waals surface area contributed by atoms with Crippen LogP contribution in [-0.2, 0) is 6.54 Å². The molecular formula is C12H19N3OS. The van der Waals surface area contributed by atoms with E-state index >= 15 is 0 Å². The monoisotopic (exact) mass is 253 g/mol. The molecule has 5 heteroatoms. The third-order valence-corrected chi connectivity index (χ3v) is 3.85. The first-order valence-electron chi connectivity index (χ1n) is 5.83. The number of rotatable bonds is 4. The van der Waals surface area contributed by atoms with E-state index in [9.17, 15) is 0 Å². The predicted octanol–water partition coefficient (Wildman–Crippen LogP) is 1.49. The largest absolute Gasteiger partial charge is 0.481 e. The van der Waals surface area contributed by atoms with Crippen molar-refractivity contribution in [3.63, 3.8) is 0 Å². The molecule has 94 valence electrons. The Bertz CT molecular complexity index is 353. The maximum absolute atomic E-state index is 5.14. The number of piperazine rings is 1. The Kier molecular flexibility index (Phi) is 4.65. The van der Waals surface area contributed by atoms with Crippen LogP contribution < -0.4 is 4.74 Å². The molecule has 0 aliphatic carbocycles. The van der Waals surface area contributed by atoms with Crippen LogP contribution in [0.25, 0.3) is 0 Å². The fourth-order valence-electron chi connectivity index (χ4n) is 1.96. The fraction of sp³-hybridized carbons (Fsp3) is 0.583. The van der Waals surface area contributed by atoms with E-state index in [-0.39, 0.29) is 0 Å². The molecule has 0 bridgehead atoms. The summed E-state index contributed by atoms with van der Waals surface area (Å²) in [7, 11) is 1.66. The second-order valence-corrected chi connectivity index (χ2v) is 4.94. The Hall–Kier alpha value is -0.780. The van der Waals surface area contributed by atoms with Gasteiger partial charge in [-0.2, -0.15) is 0 Å². The van der Waals surface area contributed by atoms with Crippen molar-refractivity contribution in [2.45, 2.75) is 6.54 Å². The van der Waals surface area contributed by atoms with E-state index in [1.807, 2.05) is 24.1 Å². The van der Waals surface area contributed by atoms with E-state index in [4.69, 9.17) is 4.74 Å². The summed E-state index contributed by atoms with van der Waals surface area (Å²) in [5.74, 6) is 0.699. The molecule has 0 amide bonds. The average Bonchev–Trinajstić information content (AvgIpc) is 2.40. The number of pyridine rings is 1. The minimum absolute atomic E-state index is 0.699. The summed E-state index contributed by atoms with van der Waals surface area (Å²) in [6.07, 6.45) is 2.14. The molecule has 0 spiro atoms. The molecule has 1 aromatic rings. The van der Waals surface area contributed by atoms with E-state index in [0.29, 0.717) is 5.88 Å². The van der Waals surface area contributed by atoms with Crippen LogP contribution >= 0.6 is 11.9 Å². The molecule has 17 heavy (non-hydrogen) atoms. The lowest BCUT2D eigenvalue weighted by molar-refractivity contribution is 0.187. The summed E-state index contributed by atoms with van der Waals surface area (Å²) in [5, 5.41) is 0. The molecule has 1 saturated heterocycles. The molecule has 1 fully saturated rings. The lowest BCUT2D eigenvalue weighted by Crippen LogP contribution is -2.42. The third-order valence-electron chi connectivity index (χ3n) is 2.97. The standard InChI is InChI=1S/C12H19N3OS/c1-16-12-5-3-4-11(13-12)10-14-6-8-15(17-2)9-7-14/h3-5H,6-10H2,1-2H3. The minimum atomic E-state index is 0.699. The smallest absolute Gasteiger partial charge is 0.213 e. The second-order valence-electron chi connectivity index (χ2n) is 4.06. The molecule has 0 saturated carbocycles. The Balaban J connectivity index is 1.88. The Morgan fingerprint density at radius 2 is 2.06 bits per heavy atom. The number of methoxy groups -OCH3 is 1. The van der Waals surface area contributed by atoms with E-state index in [1.54, 1.807) is 7.11 Å². The molecule has 2 rings (SSSR count). The van der Waals surface area contributed by atoms with Crippen molar-refractivity contribution >= 4 is 11.9 Å². The number of ether oxygens (including phenoxy) is 1. The first-order valence-corrected chi connectivity index (χ1v) is 7.01. The summed E-state index contributed by atoms with van der Waals surface area (Å²) >= 11 is 1.83. The fourth-order valence-corrected chi connectivity index (χ4v) is 2.49. The van der Waals surface area contributed by atoms with Gasteiger partial charge >= 0.3 is 0 Å². The van der Waals surface area contributed by atoms with Crippen LogP contribution in [0.4, 0.5) is 0 Å². The van der Waals surface area contributed by atoms with Gasteiger partial charge in [-0.25, -0.2) is 9.29 Å². The highest BCUT2D eigenvalue weighted by atomic mass is 32.2. The van der Waals surface area contributed by atoms with Gasteiger partial charge in [0, 0.05) is 38.8 Å². The van der Waals surface area contributed by atoms with Gasteiger partial charge in [0.05, 0.1) is 12.8 Å². The topological polar surface area (TPSA) is 28.6 Å². The normalized spacial score (nSPS) is 18.2. The van der Waals surface area contributed by atoms with Crippen molar-refractivity contribution in [1.29, 1.82) is 0 Å². The molecular weight excluding hydrogens is 234 g/mol. The quantitative estimate of drug-likeness (QED) is 0.758. The van der Waals surface area contributed by atoms with Gasteiger partial charge in [0.15, 0.2) is 0 Å². The van der Waals surface area contributed by atoms with Crippen molar-refractivity contribution in [3.05, 3.63) is 23.9 Å². The van der Waals surface area contributed by atoms with E-state index in [2.05, 4.69) is 26.5 Å². The lowest BCUT2D eigenvalue weighted by atomic mass is 10.3. The van der Waals surface area contributed by atoms with Crippen LogP contribution in [0, 0.1) is 0 Å². The highest BCUT2D eigenvalue weighted by Crippen LogP contribution is 2.13. The van der Waals surface area contributed by atoms with Crippen molar-refractivity contribution in [1.82, 2.24) is 14.2 Å². The number of nitrogens with zero attached hydrogens (tertiary/aromatic N) is 3. The SMILES string of the molecule is COc1cccc(CN2CCN(SC)CC2)n1. The summed E-state index contributed by atoms with van der Waals surface area (Å²) in [6, 6.07) is 5.94. The number of aromatic nitrogens is 1. The van der Waals surface area contributed by atoms with Gasteiger partial charge in [-0.1, -0.05) is 18.0 Å². The highest BCUT2D eigenvalue weighted by molar-refractivity contribution is 7.96. The molecule has 0 atom stereocenters. The summed E-state index contributed by atoms with van der Waals surface area (Å²) in [6.45, 7) is 5.40. The first kappa shape index (κ1) is 12.7. The van der Waals surface area contributed by atoms with Gasteiger partial charge < -0.3 is 4.74 Å². The van der Waals surface area contributed by atoms with Crippen LogP contribution in [0.1, 0.15) is 5.69 Å². The number of hydrogen-bond acceptors (Lipinski definition) is 5. The van der Waals surface area contributed by atoms with Crippen molar-refractivity contribution in [2.75, 3.05) is 39.5 Å². The summed E-state index contributed by atoms with van der Waals surface area (Å²) < 4.78 is 7.54. The maximum Gasteiger partial charge on any atom is 0.213 e. The Labute approximate surface area is 107 Å². The summed E-state index contributed by atoms with van der Waals surface area (Å²) in [4.78, 5) is 6.88. The third kappa shape index (κ3) is 3.59. The van der Waals surface area contributed by atoms with Crippen LogP contribution in [0.2, 0.25) is 0 Å². The van der Waals surface area contributed by atoms with E-state index in [1.165, 1.54) is 0 Å². The lowest BCUT2D eigenvalue weighted by Gasteiger charge is -2.32. The molecule has 4 nitrogen and oxygen atoms in total. The Morgan fingerprint density at radius 1 is 1.29 bits per heavy atom. The average molecular weight is 253 g/mol. The first-order chi connectivity index (χ1) is 8.31. The molecule has 1 aromatic heterocycles. The minimum Gasteiger partial charge on any atom is -0.481 e. The van der Waals surface area contributed by atoms with Gasteiger partial charge in [-0.15, -0.1) is 0 Å². The molecule has 0 unspecified atom stereocenters. The Morgan fingerprint density at radius 3 is 2.71 bits per heavy atom. The van der Waals surface area contributed by atoms with Gasteiger partial charge in [0.25, 0.3) is 0 Å². The maximum atomic E-state index is 5.14. The number of hydrogen-bond donors (Lipinski definition) is 0. The zero-order chi connectivity index (χ0) is 12.1. The van der Waals surface area contributed by atoms with Crippen LogP contribution in [-0.4, -0.2) is 53.7 Å². The molecule has 0 aromatic carbocycles. The molecule has 1 aliphatic heterocycles. The summed E-state index contributed by atoms with van der Waals surface area (Å²) in [5.41, 5.74) is 1.09. The van der Waals surface area contributed by atoms with E-state index < -0.39 is 0 Å².